The van der Waals surface area contributed by atoms with E-state index in [1.165, 1.54) is 0 Å². The fourth-order valence-corrected chi connectivity index (χ4v) is 1.48. The maximum atomic E-state index is 10.9. The molecule has 0 bridgehead atoms. The summed E-state index contributed by atoms with van der Waals surface area (Å²) < 4.78 is 10.4. The second-order valence-corrected chi connectivity index (χ2v) is 3.43. The van der Waals surface area contributed by atoms with Gasteiger partial charge in [-0.25, -0.2) is 4.79 Å². The summed E-state index contributed by atoms with van der Waals surface area (Å²) in [6.45, 7) is 4.65. The van der Waals surface area contributed by atoms with E-state index in [0.717, 1.165) is 11.1 Å². The zero-order valence-electron chi connectivity index (χ0n) is 9.74. The molecule has 0 unspecified atom stereocenters. The summed E-state index contributed by atoms with van der Waals surface area (Å²) >= 11 is 0. The van der Waals surface area contributed by atoms with Gasteiger partial charge in [0.2, 0.25) is 0 Å². The molecule has 1 N–H and O–H groups in total. The molecule has 0 saturated carbocycles. The Morgan fingerprint density at radius 1 is 1.44 bits per heavy atom. The standard InChI is InChI=1S/C12H16O4/c1-4-16-11-6-9(12(13)14)5-10(7-15-3)8(11)2/h5-6H,4,7H2,1-3H3,(H,13,14). The zero-order chi connectivity index (χ0) is 12.1. The van der Waals surface area contributed by atoms with Crippen LogP contribution in [0.2, 0.25) is 0 Å². The molecule has 0 saturated heterocycles. The Labute approximate surface area is 94.8 Å². The first-order valence-electron chi connectivity index (χ1n) is 5.08. The van der Waals surface area contributed by atoms with Gasteiger partial charge in [-0.3, -0.25) is 0 Å². The minimum atomic E-state index is -0.960. The van der Waals surface area contributed by atoms with Crippen LogP contribution in [0.5, 0.6) is 5.75 Å². The van der Waals surface area contributed by atoms with E-state index < -0.39 is 5.97 Å². The molecule has 88 valence electrons. The van der Waals surface area contributed by atoms with Crippen LogP contribution in [0.3, 0.4) is 0 Å². The molecule has 4 nitrogen and oxygen atoms in total. The first-order valence-corrected chi connectivity index (χ1v) is 5.08. The van der Waals surface area contributed by atoms with Gasteiger partial charge in [0.05, 0.1) is 18.8 Å². The van der Waals surface area contributed by atoms with Gasteiger partial charge in [0.1, 0.15) is 5.75 Å². The van der Waals surface area contributed by atoms with Crippen molar-refractivity contribution >= 4 is 5.97 Å². The van der Waals surface area contributed by atoms with Crippen molar-refractivity contribution in [2.75, 3.05) is 13.7 Å². The summed E-state index contributed by atoms with van der Waals surface area (Å²) in [6, 6.07) is 3.16. The largest absolute Gasteiger partial charge is 0.494 e. The molecule has 0 spiro atoms. The molecule has 0 radical (unpaired) electrons. The van der Waals surface area contributed by atoms with Gasteiger partial charge in [0.25, 0.3) is 0 Å². The van der Waals surface area contributed by atoms with Crippen LogP contribution in [0, 0.1) is 6.92 Å². The monoisotopic (exact) mass is 224 g/mol. The van der Waals surface area contributed by atoms with Crippen molar-refractivity contribution < 1.29 is 19.4 Å². The predicted octanol–water partition coefficient (Wildman–Crippen LogP) is 2.24. The molecule has 0 aliphatic heterocycles. The van der Waals surface area contributed by atoms with Crippen LogP contribution in [-0.4, -0.2) is 24.8 Å². The molecule has 1 aromatic carbocycles. The van der Waals surface area contributed by atoms with Crippen molar-refractivity contribution in [1.82, 2.24) is 0 Å². The van der Waals surface area contributed by atoms with Gasteiger partial charge in [-0.15, -0.1) is 0 Å². The maximum Gasteiger partial charge on any atom is 0.335 e. The van der Waals surface area contributed by atoms with Gasteiger partial charge >= 0.3 is 5.97 Å². The van der Waals surface area contributed by atoms with E-state index in [9.17, 15) is 4.79 Å². The Bertz CT molecular complexity index is 358. The molecule has 0 atom stereocenters. The number of carboxylic acids is 1. The normalized spacial score (nSPS) is 10.2. The maximum absolute atomic E-state index is 10.9. The van der Waals surface area contributed by atoms with Crippen molar-refractivity contribution in [3.05, 3.63) is 28.8 Å². The number of hydrogen-bond donors (Lipinski definition) is 1. The van der Waals surface area contributed by atoms with E-state index in [4.69, 9.17) is 14.6 Å². The van der Waals surface area contributed by atoms with E-state index in [0.29, 0.717) is 19.0 Å². The van der Waals surface area contributed by atoms with Crippen molar-refractivity contribution in [3.8, 4) is 5.75 Å². The lowest BCUT2D eigenvalue weighted by atomic mass is 10.0. The van der Waals surface area contributed by atoms with Crippen LogP contribution in [-0.2, 0) is 11.3 Å². The average Bonchev–Trinajstić information content (AvgIpc) is 2.24. The van der Waals surface area contributed by atoms with Gasteiger partial charge < -0.3 is 14.6 Å². The molecule has 0 amide bonds. The summed E-state index contributed by atoms with van der Waals surface area (Å²) in [5.74, 6) is -0.354. The molecule has 0 aromatic heterocycles. The van der Waals surface area contributed by atoms with Crippen LogP contribution in [0.15, 0.2) is 12.1 Å². The predicted molar refractivity (Wildman–Crippen MR) is 60.0 cm³/mol. The number of carboxylic acid groups (broad SMARTS) is 1. The Morgan fingerprint density at radius 2 is 2.12 bits per heavy atom. The van der Waals surface area contributed by atoms with Crippen LogP contribution in [0.1, 0.15) is 28.4 Å². The molecule has 1 aromatic rings. The van der Waals surface area contributed by atoms with Gasteiger partial charge in [-0.05, 0) is 37.1 Å². The van der Waals surface area contributed by atoms with E-state index in [2.05, 4.69) is 0 Å². The molecular weight excluding hydrogens is 208 g/mol. The molecule has 16 heavy (non-hydrogen) atoms. The summed E-state index contributed by atoms with van der Waals surface area (Å²) in [6.07, 6.45) is 0. The first kappa shape index (κ1) is 12.5. The van der Waals surface area contributed by atoms with Crippen molar-refractivity contribution in [1.29, 1.82) is 0 Å². The molecule has 0 heterocycles. The third-order valence-corrected chi connectivity index (χ3v) is 2.31. The number of ether oxygens (including phenoxy) is 2. The summed E-state index contributed by atoms with van der Waals surface area (Å²) in [7, 11) is 1.58. The lowest BCUT2D eigenvalue weighted by molar-refractivity contribution is 0.0696. The Balaban J connectivity index is 3.21. The van der Waals surface area contributed by atoms with Crippen LogP contribution in [0.4, 0.5) is 0 Å². The molecule has 0 fully saturated rings. The van der Waals surface area contributed by atoms with E-state index in [1.807, 2.05) is 13.8 Å². The molecule has 0 aliphatic rings. The lowest BCUT2D eigenvalue weighted by Gasteiger charge is -2.12. The van der Waals surface area contributed by atoms with Gasteiger partial charge in [-0.1, -0.05) is 0 Å². The Morgan fingerprint density at radius 3 is 2.62 bits per heavy atom. The number of aromatic carboxylic acids is 1. The van der Waals surface area contributed by atoms with Crippen molar-refractivity contribution in [2.45, 2.75) is 20.5 Å². The fraction of sp³-hybridized carbons (Fsp3) is 0.417. The number of carbonyl (C=O) groups is 1. The second kappa shape index (κ2) is 5.51. The van der Waals surface area contributed by atoms with E-state index >= 15 is 0 Å². The SMILES string of the molecule is CCOc1cc(C(=O)O)cc(COC)c1C. The smallest absolute Gasteiger partial charge is 0.335 e. The summed E-state index contributed by atoms with van der Waals surface area (Å²) in [5, 5.41) is 8.96. The number of hydrogen-bond acceptors (Lipinski definition) is 3. The van der Waals surface area contributed by atoms with Gasteiger partial charge in [0, 0.05) is 7.11 Å². The highest BCUT2D eigenvalue weighted by Crippen LogP contribution is 2.24. The third-order valence-electron chi connectivity index (χ3n) is 2.31. The number of rotatable bonds is 5. The number of methoxy groups -OCH3 is 1. The summed E-state index contributed by atoms with van der Waals surface area (Å²) in [5.41, 5.74) is 1.99. The second-order valence-electron chi connectivity index (χ2n) is 3.43. The molecular formula is C12H16O4. The van der Waals surface area contributed by atoms with Gasteiger partial charge in [-0.2, -0.15) is 0 Å². The van der Waals surface area contributed by atoms with E-state index in [1.54, 1.807) is 19.2 Å². The summed E-state index contributed by atoms with van der Waals surface area (Å²) in [4.78, 5) is 10.9. The van der Waals surface area contributed by atoms with E-state index in [-0.39, 0.29) is 5.56 Å². The Kier molecular flexibility index (Phi) is 4.31. The van der Waals surface area contributed by atoms with Crippen LogP contribution >= 0.6 is 0 Å². The van der Waals surface area contributed by atoms with Crippen molar-refractivity contribution in [3.63, 3.8) is 0 Å². The molecule has 4 heteroatoms. The third kappa shape index (κ3) is 2.73. The van der Waals surface area contributed by atoms with Crippen molar-refractivity contribution in [2.24, 2.45) is 0 Å². The highest BCUT2D eigenvalue weighted by Gasteiger charge is 2.12. The minimum absolute atomic E-state index is 0.223. The first-order chi connectivity index (χ1) is 7.60. The quantitative estimate of drug-likeness (QED) is 0.833. The topological polar surface area (TPSA) is 55.8 Å². The fourth-order valence-electron chi connectivity index (χ4n) is 1.48. The zero-order valence-corrected chi connectivity index (χ0v) is 9.74. The van der Waals surface area contributed by atoms with Crippen LogP contribution < -0.4 is 4.74 Å². The lowest BCUT2D eigenvalue weighted by Crippen LogP contribution is -2.04. The highest BCUT2D eigenvalue weighted by atomic mass is 16.5. The number of benzene rings is 1. The van der Waals surface area contributed by atoms with Gasteiger partial charge in [0.15, 0.2) is 0 Å². The molecule has 0 aliphatic carbocycles. The Hall–Kier alpha value is -1.55. The highest BCUT2D eigenvalue weighted by molar-refractivity contribution is 5.88. The minimum Gasteiger partial charge on any atom is -0.494 e. The molecule has 1 rings (SSSR count). The average molecular weight is 224 g/mol. The van der Waals surface area contributed by atoms with Crippen LogP contribution in [0.25, 0.3) is 0 Å².